The van der Waals surface area contributed by atoms with E-state index in [0.717, 1.165) is 22.0 Å². The average molecular weight is 365 g/mol. The van der Waals surface area contributed by atoms with Crippen LogP contribution in [-0.4, -0.2) is 28.6 Å². The number of nitrogens with zero attached hydrogens (tertiary/aromatic N) is 1. The van der Waals surface area contributed by atoms with Crippen LogP contribution in [0.1, 0.15) is 30.1 Å². The van der Waals surface area contributed by atoms with Gasteiger partial charge in [0.1, 0.15) is 6.10 Å². The van der Waals surface area contributed by atoms with Gasteiger partial charge in [0.25, 0.3) is 5.91 Å². The fraction of sp³-hybridized carbons (Fsp3) is 0.312. The molecule has 0 saturated heterocycles. The van der Waals surface area contributed by atoms with Gasteiger partial charge >= 0.3 is 0 Å². The number of H-pyrrole nitrogens is 1. The van der Waals surface area contributed by atoms with Crippen LogP contribution in [0.5, 0.6) is 0 Å². The largest absolute Gasteiger partial charge is 0.471 e. The molecule has 0 fully saturated rings. The molecule has 126 valence electrons. The number of aromatic amines is 1. The predicted octanol–water partition coefficient (Wildman–Crippen LogP) is 2.88. The minimum atomic E-state index is -0.260. The first kappa shape index (κ1) is 16.7. The first-order valence-corrected chi connectivity index (χ1v) is 8.35. The van der Waals surface area contributed by atoms with E-state index in [9.17, 15) is 4.79 Å². The van der Waals surface area contributed by atoms with Crippen LogP contribution in [0.25, 0.3) is 10.9 Å². The first-order valence-electron chi connectivity index (χ1n) is 7.51. The number of fused-ring (bicyclic) bond motifs is 1. The zero-order valence-electron chi connectivity index (χ0n) is 13.3. The number of carbonyl (C=O) groups excluding carboxylic acids is 1. The third-order valence-electron chi connectivity index (χ3n) is 4.11. The van der Waals surface area contributed by atoms with Crippen LogP contribution >= 0.6 is 23.8 Å². The number of rotatable bonds is 4. The Bertz CT molecular complexity index is 846. The number of amides is 1. The van der Waals surface area contributed by atoms with E-state index in [2.05, 4.69) is 33.0 Å². The fourth-order valence-corrected chi connectivity index (χ4v) is 3.36. The molecule has 1 aliphatic rings. The van der Waals surface area contributed by atoms with Gasteiger partial charge in [-0.05, 0) is 31.4 Å². The summed E-state index contributed by atoms with van der Waals surface area (Å²) in [5.74, 6) is 0.186. The number of aromatic nitrogens is 2. The van der Waals surface area contributed by atoms with Crippen molar-refractivity contribution in [1.29, 1.82) is 0 Å². The monoisotopic (exact) mass is 364 g/mol. The summed E-state index contributed by atoms with van der Waals surface area (Å²) in [6.45, 7) is 1.95. The lowest BCUT2D eigenvalue weighted by Gasteiger charge is -2.29. The number of benzene rings is 1. The van der Waals surface area contributed by atoms with Crippen molar-refractivity contribution >= 4 is 46.1 Å². The van der Waals surface area contributed by atoms with Gasteiger partial charge in [0.15, 0.2) is 5.88 Å². The Labute approximate surface area is 149 Å². The molecular weight excluding hydrogens is 348 g/mol. The van der Waals surface area contributed by atoms with E-state index in [4.69, 9.17) is 16.3 Å². The second-order valence-corrected chi connectivity index (χ2v) is 6.16. The molecule has 0 radical (unpaired) electrons. The van der Waals surface area contributed by atoms with Gasteiger partial charge in [0, 0.05) is 18.0 Å². The van der Waals surface area contributed by atoms with Crippen molar-refractivity contribution in [2.45, 2.75) is 25.9 Å². The molecule has 3 rings (SSSR count). The van der Waals surface area contributed by atoms with Gasteiger partial charge in [-0.3, -0.25) is 9.89 Å². The SMILES string of the molecule is CNC1=C(C(=O)NC=S)CCC(c2c(Cl)c(C)cc3[nH]ncc23)O1. The molecule has 1 aromatic carbocycles. The molecule has 1 aliphatic heterocycles. The number of hydrogen-bond donors (Lipinski definition) is 3. The number of halogens is 1. The summed E-state index contributed by atoms with van der Waals surface area (Å²) in [5.41, 5.74) is 4.49. The molecule has 1 aromatic heterocycles. The second-order valence-electron chi connectivity index (χ2n) is 5.55. The maximum absolute atomic E-state index is 12.1. The topological polar surface area (TPSA) is 79.0 Å². The minimum Gasteiger partial charge on any atom is -0.471 e. The lowest BCUT2D eigenvalue weighted by atomic mass is 9.94. The number of thiocarbonyl (C=S) groups is 1. The Morgan fingerprint density at radius 1 is 1.58 bits per heavy atom. The van der Waals surface area contributed by atoms with Crippen molar-refractivity contribution in [2.75, 3.05) is 7.05 Å². The molecule has 0 spiro atoms. The number of carbonyl (C=O) groups is 1. The standard InChI is InChI=1S/C16H17ClN4O2S/c1-8-5-11-10(6-20-21-11)13(14(8)17)12-4-3-9(15(22)19-7-24)16(18-2)23-12/h5-7,12,18H,3-4H2,1-2H3,(H,20,21)(H,19,22,24). The summed E-state index contributed by atoms with van der Waals surface area (Å²) < 4.78 is 6.05. The van der Waals surface area contributed by atoms with Crippen LogP contribution in [0, 0.1) is 6.92 Å². The van der Waals surface area contributed by atoms with Crippen molar-refractivity contribution in [3.8, 4) is 0 Å². The number of aryl methyl sites for hydroxylation is 1. The Morgan fingerprint density at radius 2 is 2.38 bits per heavy atom. The lowest BCUT2D eigenvalue weighted by molar-refractivity contribution is -0.117. The van der Waals surface area contributed by atoms with Gasteiger partial charge in [-0.15, -0.1) is 0 Å². The van der Waals surface area contributed by atoms with Crippen molar-refractivity contribution in [2.24, 2.45) is 0 Å². The van der Waals surface area contributed by atoms with E-state index < -0.39 is 0 Å². The Hall–Kier alpha value is -2.12. The molecule has 2 heterocycles. The molecule has 6 nitrogen and oxygen atoms in total. The highest BCUT2D eigenvalue weighted by atomic mass is 35.5. The molecule has 0 bridgehead atoms. The zero-order valence-corrected chi connectivity index (χ0v) is 14.8. The summed E-state index contributed by atoms with van der Waals surface area (Å²) in [7, 11) is 1.72. The van der Waals surface area contributed by atoms with Crippen molar-refractivity contribution in [1.82, 2.24) is 20.8 Å². The van der Waals surface area contributed by atoms with Gasteiger partial charge in [-0.2, -0.15) is 5.10 Å². The Kier molecular flexibility index (Phi) is 4.73. The number of ether oxygens (including phenoxy) is 1. The number of nitrogens with one attached hydrogen (secondary N) is 3. The van der Waals surface area contributed by atoms with E-state index in [-0.39, 0.29) is 12.0 Å². The van der Waals surface area contributed by atoms with Gasteiger partial charge in [-0.1, -0.05) is 23.8 Å². The average Bonchev–Trinajstić information content (AvgIpc) is 3.03. The van der Waals surface area contributed by atoms with Crippen LogP contribution in [0.3, 0.4) is 0 Å². The van der Waals surface area contributed by atoms with Gasteiger partial charge in [0.2, 0.25) is 0 Å². The van der Waals surface area contributed by atoms with Crippen LogP contribution < -0.4 is 10.6 Å². The van der Waals surface area contributed by atoms with E-state index in [1.165, 1.54) is 5.49 Å². The summed E-state index contributed by atoms with van der Waals surface area (Å²) in [5, 5.41) is 14.1. The van der Waals surface area contributed by atoms with E-state index in [1.54, 1.807) is 13.2 Å². The Morgan fingerprint density at radius 3 is 3.08 bits per heavy atom. The van der Waals surface area contributed by atoms with Crippen molar-refractivity contribution in [3.05, 3.63) is 39.9 Å². The molecule has 1 amide bonds. The molecule has 0 saturated carbocycles. The fourth-order valence-electron chi connectivity index (χ4n) is 2.98. The highest BCUT2D eigenvalue weighted by Gasteiger charge is 2.30. The maximum Gasteiger partial charge on any atom is 0.257 e. The molecule has 1 atom stereocenters. The van der Waals surface area contributed by atoms with E-state index in [1.807, 2.05) is 13.0 Å². The van der Waals surface area contributed by atoms with E-state index >= 15 is 0 Å². The lowest BCUT2D eigenvalue weighted by Crippen LogP contribution is -2.30. The maximum atomic E-state index is 12.1. The molecular formula is C16H17ClN4O2S. The molecule has 8 heteroatoms. The van der Waals surface area contributed by atoms with Crippen LogP contribution in [0.15, 0.2) is 23.7 Å². The second kappa shape index (κ2) is 6.78. The normalized spacial score (nSPS) is 17.5. The summed E-state index contributed by atoms with van der Waals surface area (Å²) in [6, 6.07) is 1.96. The molecule has 0 aliphatic carbocycles. The zero-order chi connectivity index (χ0) is 17.3. The molecule has 1 unspecified atom stereocenters. The highest BCUT2D eigenvalue weighted by molar-refractivity contribution is 7.78. The van der Waals surface area contributed by atoms with Crippen molar-refractivity contribution in [3.63, 3.8) is 0 Å². The smallest absolute Gasteiger partial charge is 0.257 e. The van der Waals surface area contributed by atoms with E-state index in [0.29, 0.717) is 29.3 Å². The summed E-state index contributed by atoms with van der Waals surface area (Å²) in [4.78, 5) is 12.1. The summed E-state index contributed by atoms with van der Waals surface area (Å²) >= 11 is 11.2. The quantitative estimate of drug-likeness (QED) is 0.727. The van der Waals surface area contributed by atoms with Crippen LogP contribution in [0.4, 0.5) is 0 Å². The molecule has 3 N–H and O–H groups in total. The van der Waals surface area contributed by atoms with Gasteiger partial charge in [0.05, 0.1) is 27.8 Å². The van der Waals surface area contributed by atoms with Gasteiger partial charge < -0.3 is 15.4 Å². The number of hydrogen-bond acceptors (Lipinski definition) is 5. The first-order chi connectivity index (χ1) is 11.6. The van der Waals surface area contributed by atoms with Crippen LogP contribution in [0.2, 0.25) is 5.02 Å². The minimum absolute atomic E-state index is 0.253. The molecule has 2 aromatic rings. The highest BCUT2D eigenvalue weighted by Crippen LogP contribution is 2.40. The predicted molar refractivity (Wildman–Crippen MR) is 96.8 cm³/mol. The van der Waals surface area contributed by atoms with Crippen molar-refractivity contribution < 1.29 is 9.53 Å². The van der Waals surface area contributed by atoms with Gasteiger partial charge in [-0.25, -0.2) is 0 Å². The molecule has 24 heavy (non-hydrogen) atoms. The third-order valence-corrected chi connectivity index (χ3v) is 4.73. The summed E-state index contributed by atoms with van der Waals surface area (Å²) in [6.07, 6.45) is 2.68. The Balaban J connectivity index is 2.02. The van der Waals surface area contributed by atoms with Crippen LogP contribution in [-0.2, 0) is 9.53 Å². The third kappa shape index (κ3) is 2.85.